The summed E-state index contributed by atoms with van der Waals surface area (Å²) in [5.41, 5.74) is 0.771. The molecule has 1 unspecified atom stereocenters. The molecule has 1 aromatic rings. The van der Waals surface area contributed by atoms with Gasteiger partial charge in [-0.3, -0.25) is 4.79 Å². The van der Waals surface area contributed by atoms with Crippen molar-refractivity contribution in [3.8, 4) is 5.75 Å². The molecule has 0 aromatic heterocycles. The van der Waals surface area contributed by atoms with Crippen LogP contribution in [-0.4, -0.2) is 43.5 Å². The van der Waals surface area contributed by atoms with Gasteiger partial charge in [0.05, 0.1) is 25.9 Å². The van der Waals surface area contributed by atoms with Crippen LogP contribution in [0.15, 0.2) is 18.2 Å². The van der Waals surface area contributed by atoms with Crippen LogP contribution in [-0.2, 0) is 4.74 Å². The summed E-state index contributed by atoms with van der Waals surface area (Å²) in [5, 5.41) is 12.3. The van der Waals surface area contributed by atoms with E-state index in [2.05, 4.69) is 5.32 Å². The van der Waals surface area contributed by atoms with Crippen LogP contribution in [0.4, 0.5) is 0 Å². The molecular formula is C14H19NO4. The fourth-order valence-corrected chi connectivity index (χ4v) is 2.20. The van der Waals surface area contributed by atoms with Crippen molar-refractivity contribution in [2.75, 3.05) is 26.9 Å². The second-order valence-electron chi connectivity index (χ2n) is 4.88. The van der Waals surface area contributed by atoms with Crippen LogP contribution in [0.3, 0.4) is 0 Å². The maximum absolute atomic E-state index is 12.3. The molecule has 0 saturated carbocycles. The van der Waals surface area contributed by atoms with E-state index in [-0.39, 0.29) is 12.5 Å². The summed E-state index contributed by atoms with van der Waals surface area (Å²) in [6.45, 7) is 2.65. The Bertz CT molecular complexity index is 467. The Hall–Kier alpha value is -1.59. The Morgan fingerprint density at radius 1 is 1.58 bits per heavy atom. The highest BCUT2D eigenvalue weighted by atomic mass is 16.5. The van der Waals surface area contributed by atoms with Crippen LogP contribution in [0.5, 0.6) is 5.75 Å². The Morgan fingerprint density at radius 2 is 2.37 bits per heavy atom. The van der Waals surface area contributed by atoms with Crippen LogP contribution < -0.4 is 10.1 Å². The molecular weight excluding hydrogens is 246 g/mol. The second-order valence-corrected chi connectivity index (χ2v) is 4.88. The van der Waals surface area contributed by atoms with Crippen LogP contribution in [0.25, 0.3) is 0 Å². The smallest absolute Gasteiger partial charge is 0.252 e. The molecule has 1 fully saturated rings. The summed E-state index contributed by atoms with van der Waals surface area (Å²) in [6, 6.07) is 5.29. The largest absolute Gasteiger partial charge is 0.497 e. The van der Waals surface area contributed by atoms with Crippen LogP contribution >= 0.6 is 0 Å². The molecule has 1 atom stereocenters. The van der Waals surface area contributed by atoms with Crippen molar-refractivity contribution in [3.05, 3.63) is 29.3 Å². The first-order valence-electron chi connectivity index (χ1n) is 6.26. The molecule has 1 aliphatic heterocycles. The number of aliphatic hydroxyl groups excluding tert-OH is 1. The summed E-state index contributed by atoms with van der Waals surface area (Å²) < 4.78 is 10.4. The van der Waals surface area contributed by atoms with Gasteiger partial charge in [-0.05, 0) is 37.1 Å². The van der Waals surface area contributed by atoms with E-state index in [4.69, 9.17) is 9.47 Å². The van der Waals surface area contributed by atoms with Gasteiger partial charge in [-0.1, -0.05) is 0 Å². The van der Waals surface area contributed by atoms with Crippen LogP contribution in [0, 0.1) is 6.92 Å². The molecule has 104 valence electrons. The number of hydrogen-bond donors (Lipinski definition) is 2. The molecule has 0 radical (unpaired) electrons. The Labute approximate surface area is 112 Å². The van der Waals surface area contributed by atoms with E-state index in [1.54, 1.807) is 19.2 Å². The molecule has 1 aromatic carbocycles. The third-order valence-electron chi connectivity index (χ3n) is 3.46. The zero-order chi connectivity index (χ0) is 13.9. The standard InChI is InChI=1S/C14H19NO4/c1-10-7-11(18-2)3-4-12(10)13(17)15-14(8-16)5-6-19-9-14/h3-4,7,16H,5-6,8-9H2,1-2H3,(H,15,17). The number of aliphatic hydroxyl groups is 1. The van der Waals surface area contributed by atoms with Crippen molar-refractivity contribution in [1.82, 2.24) is 5.32 Å². The highest BCUT2D eigenvalue weighted by Gasteiger charge is 2.36. The van der Waals surface area contributed by atoms with Gasteiger partial charge in [0.15, 0.2) is 0 Å². The number of amides is 1. The van der Waals surface area contributed by atoms with Gasteiger partial charge in [0.2, 0.25) is 0 Å². The third-order valence-corrected chi connectivity index (χ3v) is 3.46. The van der Waals surface area contributed by atoms with E-state index >= 15 is 0 Å². The third kappa shape index (κ3) is 2.88. The SMILES string of the molecule is COc1ccc(C(=O)NC2(CO)CCOC2)c(C)c1. The van der Waals surface area contributed by atoms with Crippen molar-refractivity contribution in [1.29, 1.82) is 0 Å². The minimum absolute atomic E-state index is 0.117. The molecule has 5 heteroatoms. The Kier molecular flexibility index (Phi) is 4.07. The molecule has 1 aliphatic rings. The zero-order valence-electron chi connectivity index (χ0n) is 11.2. The van der Waals surface area contributed by atoms with E-state index in [1.807, 2.05) is 13.0 Å². The van der Waals surface area contributed by atoms with Gasteiger partial charge in [-0.15, -0.1) is 0 Å². The molecule has 19 heavy (non-hydrogen) atoms. The summed E-state index contributed by atoms with van der Waals surface area (Å²) in [5.74, 6) is 0.523. The molecule has 5 nitrogen and oxygen atoms in total. The van der Waals surface area contributed by atoms with Gasteiger partial charge in [0, 0.05) is 12.2 Å². The fraction of sp³-hybridized carbons (Fsp3) is 0.500. The molecule has 1 heterocycles. The topological polar surface area (TPSA) is 67.8 Å². The van der Waals surface area contributed by atoms with Crippen molar-refractivity contribution in [2.24, 2.45) is 0 Å². The minimum atomic E-state index is -0.649. The van der Waals surface area contributed by atoms with Crippen molar-refractivity contribution in [3.63, 3.8) is 0 Å². The lowest BCUT2D eigenvalue weighted by molar-refractivity contribution is 0.0789. The number of hydrogen-bond acceptors (Lipinski definition) is 4. The zero-order valence-corrected chi connectivity index (χ0v) is 11.2. The predicted molar refractivity (Wildman–Crippen MR) is 70.5 cm³/mol. The summed E-state index contributed by atoms with van der Waals surface area (Å²) in [6.07, 6.45) is 0.629. The van der Waals surface area contributed by atoms with E-state index < -0.39 is 5.54 Å². The summed E-state index contributed by atoms with van der Waals surface area (Å²) in [4.78, 5) is 12.3. The van der Waals surface area contributed by atoms with Crippen molar-refractivity contribution < 1.29 is 19.4 Å². The van der Waals surface area contributed by atoms with E-state index in [0.29, 0.717) is 25.2 Å². The number of methoxy groups -OCH3 is 1. The van der Waals surface area contributed by atoms with Crippen molar-refractivity contribution in [2.45, 2.75) is 18.9 Å². The van der Waals surface area contributed by atoms with Crippen LogP contribution in [0.2, 0.25) is 0 Å². The van der Waals surface area contributed by atoms with Gasteiger partial charge in [0.25, 0.3) is 5.91 Å². The molecule has 2 rings (SSSR count). The first-order valence-corrected chi connectivity index (χ1v) is 6.26. The predicted octanol–water partition coefficient (Wildman–Crippen LogP) is 0.885. The van der Waals surface area contributed by atoms with E-state index in [0.717, 1.165) is 11.3 Å². The summed E-state index contributed by atoms with van der Waals surface area (Å²) >= 11 is 0. The number of carbonyl (C=O) groups excluding carboxylic acids is 1. The van der Waals surface area contributed by atoms with Gasteiger partial charge in [0.1, 0.15) is 5.75 Å². The maximum Gasteiger partial charge on any atom is 0.252 e. The number of aryl methyl sites for hydroxylation is 1. The number of benzene rings is 1. The number of nitrogens with one attached hydrogen (secondary N) is 1. The highest BCUT2D eigenvalue weighted by molar-refractivity contribution is 5.96. The normalized spacial score (nSPS) is 22.3. The van der Waals surface area contributed by atoms with E-state index in [1.165, 1.54) is 0 Å². The first-order chi connectivity index (χ1) is 9.10. The molecule has 1 amide bonds. The minimum Gasteiger partial charge on any atom is -0.497 e. The number of carbonyl (C=O) groups is 1. The lowest BCUT2D eigenvalue weighted by atomic mass is 9.98. The van der Waals surface area contributed by atoms with Crippen LogP contribution in [0.1, 0.15) is 22.3 Å². The molecule has 1 saturated heterocycles. The molecule has 0 aliphatic carbocycles. The van der Waals surface area contributed by atoms with Gasteiger partial charge >= 0.3 is 0 Å². The lowest BCUT2D eigenvalue weighted by Gasteiger charge is -2.26. The Balaban J connectivity index is 2.15. The first kappa shape index (κ1) is 13.8. The quantitative estimate of drug-likeness (QED) is 0.848. The Morgan fingerprint density at radius 3 is 2.89 bits per heavy atom. The number of rotatable bonds is 4. The van der Waals surface area contributed by atoms with E-state index in [9.17, 15) is 9.90 Å². The molecule has 2 N–H and O–H groups in total. The molecule has 0 bridgehead atoms. The maximum atomic E-state index is 12.3. The average Bonchev–Trinajstić information content (AvgIpc) is 2.87. The highest BCUT2D eigenvalue weighted by Crippen LogP contribution is 2.21. The van der Waals surface area contributed by atoms with Gasteiger partial charge in [-0.25, -0.2) is 0 Å². The van der Waals surface area contributed by atoms with Gasteiger partial charge < -0.3 is 19.9 Å². The average molecular weight is 265 g/mol. The van der Waals surface area contributed by atoms with Gasteiger partial charge in [-0.2, -0.15) is 0 Å². The van der Waals surface area contributed by atoms with Crippen molar-refractivity contribution >= 4 is 5.91 Å². The number of ether oxygens (including phenoxy) is 2. The summed E-state index contributed by atoms with van der Waals surface area (Å²) in [7, 11) is 1.59. The monoisotopic (exact) mass is 265 g/mol. The fourth-order valence-electron chi connectivity index (χ4n) is 2.20. The molecule has 0 spiro atoms. The second kappa shape index (κ2) is 5.59. The lowest BCUT2D eigenvalue weighted by Crippen LogP contribution is -2.52.